The average molecular weight is 345 g/mol. The van der Waals surface area contributed by atoms with E-state index in [1.54, 1.807) is 0 Å². The standard InChI is InChI=1S/C23H23NO2/c1-24-18-11-17(12-19(24)14-26-13-18)23(25)22-20-8-4-2-6-15(20)10-16-7-3-5-9-21(16)22/h2-10,17-19H,11-14H2,1H3. The Labute approximate surface area is 153 Å². The monoisotopic (exact) mass is 345 g/mol. The number of nitrogens with zero attached hydrogens (tertiary/aromatic N) is 1. The van der Waals surface area contributed by atoms with Gasteiger partial charge in [-0.3, -0.25) is 9.69 Å². The molecule has 0 N–H and O–H groups in total. The first-order chi connectivity index (χ1) is 12.7. The van der Waals surface area contributed by atoms with Gasteiger partial charge in [-0.15, -0.1) is 0 Å². The molecule has 2 heterocycles. The van der Waals surface area contributed by atoms with E-state index in [9.17, 15) is 4.79 Å². The summed E-state index contributed by atoms with van der Waals surface area (Å²) in [5.74, 6) is 0.391. The molecule has 0 aliphatic carbocycles. The smallest absolute Gasteiger partial charge is 0.167 e. The minimum atomic E-state index is 0.0827. The molecule has 0 saturated carbocycles. The molecule has 26 heavy (non-hydrogen) atoms. The van der Waals surface area contributed by atoms with Crippen molar-refractivity contribution in [3.05, 3.63) is 60.2 Å². The van der Waals surface area contributed by atoms with Crippen LogP contribution in [0.15, 0.2) is 54.6 Å². The van der Waals surface area contributed by atoms with Crippen LogP contribution in [-0.4, -0.2) is 43.0 Å². The Kier molecular flexibility index (Phi) is 3.80. The number of carbonyl (C=O) groups excluding carboxylic acids is 1. The summed E-state index contributed by atoms with van der Waals surface area (Å²) in [5.41, 5.74) is 0.909. The summed E-state index contributed by atoms with van der Waals surface area (Å²) >= 11 is 0. The molecule has 2 bridgehead atoms. The zero-order chi connectivity index (χ0) is 17.7. The molecule has 2 aliphatic heterocycles. The summed E-state index contributed by atoms with van der Waals surface area (Å²) in [5, 5.41) is 4.45. The fraction of sp³-hybridized carbons (Fsp3) is 0.348. The van der Waals surface area contributed by atoms with Gasteiger partial charge in [-0.05, 0) is 47.5 Å². The second-order valence-electron chi connectivity index (χ2n) is 7.74. The second-order valence-corrected chi connectivity index (χ2v) is 7.74. The first-order valence-corrected chi connectivity index (χ1v) is 9.47. The zero-order valence-corrected chi connectivity index (χ0v) is 15.0. The van der Waals surface area contributed by atoms with Gasteiger partial charge in [0.15, 0.2) is 5.78 Å². The van der Waals surface area contributed by atoms with Crippen LogP contribution in [0.25, 0.3) is 21.5 Å². The summed E-state index contributed by atoms with van der Waals surface area (Å²) in [6.45, 7) is 1.49. The van der Waals surface area contributed by atoms with Crippen molar-refractivity contribution in [3.8, 4) is 0 Å². The highest BCUT2D eigenvalue weighted by molar-refractivity contribution is 6.19. The van der Waals surface area contributed by atoms with E-state index in [1.807, 2.05) is 24.3 Å². The molecule has 5 rings (SSSR count). The Morgan fingerprint density at radius 2 is 1.46 bits per heavy atom. The summed E-state index contributed by atoms with van der Waals surface area (Å²) < 4.78 is 5.73. The van der Waals surface area contributed by atoms with Crippen LogP contribution in [0, 0.1) is 5.92 Å². The number of hydrogen-bond donors (Lipinski definition) is 0. The maximum Gasteiger partial charge on any atom is 0.167 e. The minimum Gasteiger partial charge on any atom is -0.378 e. The lowest BCUT2D eigenvalue weighted by atomic mass is 9.79. The predicted molar refractivity (Wildman–Crippen MR) is 105 cm³/mol. The number of rotatable bonds is 2. The van der Waals surface area contributed by atoms with Gasteiger partial charge in [0.2, 0.25) is 0 Å². The molecule has 2 aliphatic rings. The van der Waals surface area contributed by atoms with Crippen molar-refractivity contribution in [2.24, 2.45) is 5.92 Å². The van der Waals surface area contributed by atoms with E-state index in [1.165, 1.54) is 0 Å². The number of benzene rings is 3. The number of carbonyl (C=O) groups is 1. The van der Waals surface area contributed by atoms with E-state index in [2.05, 4.69) is 42.3 Å². The highest BCUT2D eigenvalue weighted by Crippen LogP contribution is 2.36. The SMILES string of the molecule is CN1C2COCC1CC(C(=O)c1c3ccccc3cc3ccccc13)C2. The number of Topliss-reactive ketones (excluding diaryl/α,β-unsaturated/α-hetero) is 1. The Balaban J connectivity index is 1.64. The predicted octanol–water partition coefficient (Wildman–Crippen LogP) is 4.28. The van der Waals surface area contributed by atoms with Crippen molar-refractivity contribution < 1.29 is 9.53 Å². The van der Waals surface area contributed by atoms with Crippen molar-refractivity contribution in [2.75, 3.05) is 20.3 Å². The van der Waals surface area contributed by atoms with E-state index in [0.29, 0.717) is 17.9 Å². The Bertz CT molecular complexity index is 928. The first-order valence-electron chi connectivity index (χ1n) is 9.47. The highest BCUT2D eigenvalue weighted by atomic mass is 16.5. The summed E-state index contributed by atoms with van der Waals surface area (Å²) in [6, 6.07) is 19.5. The molecule has 2 unspecified atom stereocenters. The van der Waals surface area contributed by atoms with Crippen LogP contribution >= 0.6 is 0 Å². The zero-order valence-electron chi connectivity index (χ0n) is 15.0. The molecule has 0 spiro atoms. The van der Waals surface area contributed by atoms with Crippen LogP contribution in [0.5, 0.6) is 0 Å². The fourth-order valence-electron chi connectivity index (χ4n) is 4.79. The normalized spacial score (nSPS) is 26.3. The lowest BCUT2D eigenvalue weighted by molar-refractivity contribution is -0.0702. The van der Waals surface area contributed by atoms with E-state index in [-0.39, 0.29) is 5.92 Å². The molecular weight excluding hydrogens is 322 g/mol. The average Bonchev–Trinajstić information content (AvgIpc) is 2.65. The van der Waals surface area contributed by atoms with E-state index >= 15 is 0 Å². The number of ether oxygens (including phenoxy) is 1. The number of ketones is 1. The maximum atomic E-state index is 13.7. The van der Waals surface area contributed by atoms with Crippen LogP contribution in [0.3, 0.4) is 0 Å². The number of likely N-dealkylation sites (N-methyl/N-ethyl adjacent to an activating group) is 1. The van der Waals surface area contributed by atoms with Crippen LogP contribution in [0.2, 0.25) is 0 Å². The van der Waals surface area contributed by atoms with E-state index < -0.39 is 0 Å². The van der Waals surface area contributed by atoms with Gasteiger partial charge < -0.3 is 4.74 Å². The van der Waals surface area contributed by atoms with Gasteiger partial charge in [0.25, 0.3) is 0 Å². The fourth-order valence-corrected chi connectivity index (χ4v) is 4.79. The van der Waals surface area contributed by atoms with Gasteiger partial charge in [-0.25, -0.2) is 0 Å². The third-order valence-corrected chi connectivity index (χ3v) is 6.27. The van der Waals surface area contributed by atoms with Crippen molar-refractivity contribution >= 4 is 27.3 Å². The Hall–Kier alpha value is -2.23. The highest BCUT2D eigenvalue weighted by Gasteiger charge is 2.40. The molecule has 2 atom stereocenters. The molecule has 2 fully saturated rings. The molecule has 2 saturated heterocycles. The van der Waals surface area contributed by atoms with Crippen molar-refractivity contribution in [1.82, 2.24) is 4.90 Å². The van der Waals surface area contributed by atoms with Crippen LogP contribution in [0.4, 0.5) is 0 Å². The molecule has 3 aromatic rings. The van der Waals surface area contributed by atoms with E-state index in [0.717, 1.165) is 53.2 Å². The summed E-state index contributed by atoms with van der Waals surface area (Å²) in [4.78, 5) is 16.1. The molecule has 3 nitrogen and oxygen atoms in total. The van der Waals surface area contributed by atoms with Gasteiger partial charge in [0.1, 0.15) is 0 Å². The topological polar surface area (TPSA) is 29.5 Å². The summed E-state index contributed by atoms with van der Waals surface area (Å²) in [6.07, 6.45) is 1.78. The largest absolute Gasteiger partial charge is 0.378 e. The van der Waals surface area contributed by atoms with Gasteiger partial charge in [-0.2, -0.15) is 0 Å². The molecule has 0 amide bonds. The maximum absolute atomic E-state index is 13.7. The minimum absolute atomic E-state index is 0.0827. The third kappa shape index (κ3) is 2.46. The number of morpholine rings is 1. The Morgan fingerprint density at radius 1 is 0.923 bits per heavy atom. The van der Waals surface area contributed by atoms with Gasteiger partial charge in [0.05, 0.1) is 13.2 Å². The Morgan fingerprint density at radius 3 is 2.04 bits per heavy atom. The quantitative estimate of drug-likeness (QED) is 0.513. The third-order valence-electron chi connectivity index (χ3n) is 6.27. The molecule has 0 aromatic heterocycles. The molecule has 132 valence electrons. The first kappa shape index (κ1) is 16.0. The lowest BCUT2D eigenvalue weighted by Crippen LogP contribution is -2.55. The van der Waals surface area contributed by atoms with Crippen molar-refractivity contribution in [2.45, 2.75) is 24.9 Å². The summed E-state index contributed by atoms with van der Waals surface area (Å²) in [7, 11) is 2.17. The number of hydrogen-bond acceptors (Lipinski definition) is 3. The van der Waals surface area contributed by atoms with Crippen LogP contribution in [0.1, 0.15) is 23.2 Å². The van der Waals surface area contributed by atoms with Gasteiger partial charge >= 0.3 is 0 Å². The van der Waals surface area contributed by atoms with E-state index in [4.69, 9.17) is 4.74 Å². The molecule has 3 heteroatoms. The lowest BCUT2D eigenvalue weighted by Gasteiger charge is -2.46. The van der Waals surface area contributed by atoms with Gasteiger partial charge in [-0.1, -0.05) is 48.5 Å². The van der Waals surface area contributed by atoms with Crippen LogP contribution in [-0.2, 0) is 4.74 Å². The van der Waals surface area contributed by atoms with Crippen molar-refractivity contribution in [1.29, 1.82) is 0 Å². The van der Waals surface area contributed by atoms with Gasteiger partial charge in [0, 0.05) is 23.6 Å². The van der Waals surface area contributed by atoms with Crippen molar-refractivity contribution in [3.63, 3.8) is 0 Å². The number of fused-ring (bicyclic) bond motifs is 4. The van der Waals surface area contributed by atoms with Crippen LogP contribution < -0.4 is 0 Å². The molecule has 0 radical (unpaired) electrons. The molecule has 3 aromatic carbocycles. The molecular formula is C23H23NO2. The second kappa shape index (κ2) is 6.19. The number of piperidine rings is 1.